The van der Waals surface area contributed by atoms with Crippen LogP contribution in [-0.2, 0) is 9.59 Å². The molecule has 0 atom stereocenters. The number of rotatable bonds is 5. The summed E-state index contributed by atoms with van der Waals surface area (Å²) < 4.78 is 0. The third-order valence-corrected chi connectivity index (χ3v) is 4.85. The summed E-state index contributed by atoms with van der Waals surface area (Å²) in [4.78, 5) is 30.3. The average Bonchev–Trinajstić information content (AvgIpc) is 3.14. The number of likely N-dealkylation sites (tertiary alicyclic amines) is 1. The van der Waals surface area contributed by atoms with Crippen molar-refractivity contribution in [2.75, 3.05) is 24.2 Å². The number of aromatic amines is 1. The number of benzene rings is 1. The van der Waals surface area contributed by atoms with Crippen molar-refractivity contribution in [2.24, 2.45) is 5.92 Å². The summed E-state index contributed by atoms with van der Waals surface area (Å²) in [6.45, 7) is 1.23. The number of amides is 2. The van der Waals surface area contributed by atoms with Gasteiger partial charge in [0.2, 0.25) is 11.8 Å². The van der Waals surface area contributed by atoms with E-state index in [0.29, 0.717) is 36.8 Å². The number of para-hydroxylation sites is 1. The predicted octanol–water partition coefficient (Wildman–Crippen LogP) is 1.77. The molecule has 0 radical (unpaired) electrons. The Balaban J connectivity index is 1.43. The van der Waals surface area contributed by atoms with Crippen molar-refractivity contribution in [1.82, 2.24) is 20.1 Å². The highest BCUT2D eigenvalue weighted by atomic mass is 32.2. The summed E-state index contributed by atoms with van der Waals surface area (Å²) in [5, 5.41) is 10.0. The standard InChI is InChI=1S/C16H19N5O2S/c22-14(10-24-16-17-11-18-20-16)21-8-6-12(7-9-21)15(23)19-13-4-2-1-3-5-13/h1-5,11-12H,6-10H2,(H,19,23)(H,17,18,20). The molecular formula is C16H19N5O2S. The second-order valence-electron chi connectivity index (χ2n) is 5.59. The second-order valence-corrected chi connectivity index (χ2v) is 6.55. The molecule has 8 heteroatoms. The topological polar surface area (TPSA) is 91.0 Å². The number of nitrogens with zero attached hydrogens (tertiary/aromatic N) is 3. The van der Waals surface area contributed by atoms with Gasteiger partial charge in [0, 0.05) is 24.7 Å². The fraction of sp³-hybridized carbons (Fsp3) is 0.375. The number of H-pyrrole nitrogens is 1. The monoisotopic (exact) mass is 345 g/mol. The lowest BCUT2D eigenvalue weighted by Gasteiger charge is -2.31. The van der Waals surface area contributed by atoms with Gasteiger partial charge in [-0.15, -0.1) is 0 Å². The fourth-order valence-corrected chi connectivity index (χ4v) is 3.32. The van der Waals surface area contributed by atoms with E-state index < -0.39 is 0 Å². The average molecular weight is 345 g/mol. The van der Waals surface area contributed by atoms with Crippen LogP contribution in [0, 0.1) is 5.92 Å². The zero-order chi connectivity index (χ0) is 16.8. The van der Waals surface area contributed by atoms with Crippen LogP contribution in [0.15, 0.2) is 41.8 Å². The van der Waals surface area contributed by atoms with Crippen molar-refractivity contribution in [2.45, 2.75) is 18.0 Å². The Labute approximate surface area is 144 Å². The summed E-state index contributed by atoms with van der Waals surface area (Å²) in [5.74, 6) is 0.384. The van der Waals surface area contributed by atoms with E-state index >= 15 is 0 Å². The summed E-state index contributed by atoms with van der Waals surface area (Å²) in [6, 6.07) is 9.44. The van der Waals surface area contributed by atoms with Gasteiger partial charge in [-0.05, 0) is 25.0 Å². The first-order valence-corrected chi connectivity index (χ1v) is 8.83. The molecule has 2 aromatic rings. The summed E-state index contributed by atoms with van der Waals surface area (Å²) >= 11 is 1.34. The van der Waals surface area contributed by atoms with Crippen LogP contribution in [0.4, 0.5) is 5.69 Å². The Morgan fingerprint density at radius 2 is 2.00 bits per heavy atom. The molecule has 24 heavy (non-hydrogen) atoms. The predicted molar refractivity (Wildman–Crippen MR) is 91.5 cm³/mol. The van der Waals surface area contributed by atoms with Gasteiger partial charge in [0.15, 0.2) is 5.16 Å². The number of anilines is 1. The lowest BCUT2D eigenvalue weighted by molar-refractivity contribution is -0.132. The molecule has 2 heterocycles. The van der Waals surface area contributed by atoms with E-state index in [2.05, 4.69) is 20.5 Å². The zero-order valence-electron chi connectivity index (χ0n) is 13.1. The maximum atomic E-state index is 12.3. The summed E-state index contributed by atoms with van der Waals surface area (Å²) in [5.41, 5.74) is 0.810. The maximum absolute atomic E-state index is 12.3. The SMILES string of the molecule is O=C(Nc1ccccc1)C1CCN(C(=O)CSc2ncn[nH]2)CC1. The van der Waals surface area contributed by atoms with Gasteiger partial charge < -0.3 is 10.2 Å². The molecule has 0 bridgehead atoms. The second kappa shape index (κ2) is 7.96. The van der Waals surface area contributed by atoms with Gasteiger partial charge in [-0.2, -0.15) is 5.10 Å². The lowest BCUT2D eigenvalue weighted by atomic mass is 9.96. The molecule has 0 spiro atoms. The van der Waals surface area contributed by atoms with Gasteiger partial charge in [-0.3, -0.25) is 14.7 Å². The van der Waals surface area contributed by atoms with Crippen LogP contribution >= 0.6 is 11.8 Å². The van der Waals surface area contributed by atoms with Gasteiger partial charge >= 0.3 is 0 Å². The number of hydrogen-bond acceptors (Lipinski definition) is 5. The van der Waals surface area contributed by atoms with Crippen molar-refractivity contribution in [3.05, 3.63) is 36.7 Å². The van der Waals surface area contributed by atoms with Crippen LogP contribution in [0.25, 0.3) is 0 Å². The smallest absolute Gasteiger partial charge is 0.233 e. The molecule has 1 aromatic carbocycles. The number of hydrogen-bond donors (Lipinski definition) is 2. The molecule has 7 nitrogen and oxygen atoms in total. The summed E-state index contributed by atoms with van der Waals surface area (Å²) in [7, 11) is 0. The molecule has 1 aliphatic heterocycles. The van der Waals surface area contributed by atoms with Crippen LogP contribution in [0.3, 0.4) is 0 Å². The van der Waals surface area contributed by atoms with Crippen molar-refractivity contribution in [3.8, 4) is 0 Å². The molecule has 0 aliphatic carbocycles. The maximum Gasteiger partial charge on any atom is 0.233 e. The van der Waals surface area contributed by atoms with E-state index in [1.165, 1.54) is 18.1 Å². The van der Waals surface area contributed by atoms with Crippen molar-refractivity contribution in [3.63, 3.8) is 0 Å². The highest BCUT2D eigenvalue weighted by molar-refractivity contribution is 7.99. The number of carbonyl (C=O) groups excluding carboxylic acids is 2. The Hall–Kier alpha value is -2.35. The lowest BCUT2D eigenvalue weighted by Crippen LogP contribution is -2.42. The minimum absolute atomic E-state index is 0.0318. The Bertz CT molecular complexity index is 669. The number of nitrogens with one attached hydrogen (secondary N) is 2. The van der Waals surface area contributed by atoms with Crippen LogP contribution in [-0.4, -0.2) is 50.7 Å². The van der Waals surface area contributed by atoms with Crippen molar-refractivity contribution >= 4 is 29.3 Å². The minimum Gasteiger partial charge on any atom is -0.342 e. The highest BCUT2D eigenvalue weighted by Gasteiger charge is 2.27. The van der Waals surface area contributed by atoms with Gasteiger partial charge in [0.05, 0.1) is 5.75 Å². The highest BCUT2D eigenvalue weighted by Crippen LogP contribution is 2.21. The first-order chi connectivity index (χ1) is 11.7. The molecule has 1 aromatic heterocycles. The molecule has 2 amide bonds. The van der Waals surface area contributed by atoms with Crippen molar-refractivity contribution in [1.29, 1.82) is 0 Å². The Morgan fingerprint density at radius 1 is 1.25 bits per heavy atom. The van der Waals surface area contributed by atoms with Gasteiger partial charge in [0.1, 0.15) is 6.33 Å². The molecular weight excluding hydrogens is 326 g/mol. The largest absolute Gasteiger partial charge is 0.342 e. The molecule has 2 N–H and O–H groups in total. The first kappa shape index (κ1) is 16.5. The minimum atomic E-state index is -0.0452. The Morgan fingerprint density at radius 3 is 2.67 bits per heavy atom. The third kappa shape index (κ3) is 4.35. The van der Waals surface area contributed by atoms with Gasteiger partial charge in [0.25, 0.3) is 0 Å². The number of carbonyl (C=O) groups is 2. The van der Waals surface area contributed by atoms with E-state index in [-0.39, 0.29) is 17.7 Å². The normalized spacial score (nSPS) is 15.2. The van der Waals surface area contributed by atoms with E-state index in [1.807, 2.05) is 35.2 Å². The molecule has 1 aliphatic rings. The summed E-state index contributed by atoms with van der Waals surface area (Å²) in [6.07, 6.45) is 2.80. The molecule has 0 saturated carbocycles. The van der Waals surface area contributed by atoms with Gasteiger partial charge in [-0.25, -0.2) is 4.98 Å². The van der Waals surface area contributed by atoms with Crippen molar-refractivity contribution < 1.29 is 9.59 Å². The molecule has 1 fully saturated rings. The first-order valence-electron chi connectivity index (χ1n) is 7.84. The number of piperidine rings is 1. The molecule has 3 rings (SSSR count). The van der Waals surface area contributed by atoms with E-state index in [1.54, 1.807) is 0 Å². The third-order valence-electron chi connectivity index (χ3n) is 3.99. The van der Waals surface area contributed by atoms with Crippen LogP contribution in [0.1, 0.15) is 12.8 Å². The number of aromatic nitrogens is 3. The van der Waals surface area contributed by atoms with E-state index in [0.717, 1.165) is 5.69 Å². The molecule has 1 saturated heterocycles. The molecule has 0 unspecified atom stereocenters. The van der Waals surface area contributed by atoms with Crippen LogP contribution in [0.5, 0.6) is 0 Å². The zero-order valence-corrected chi connectivity index (χ0v) is 14.0. The van der Waals surface area contributed by atoms with E-state index in [4.69, 9.17) is 0 Å². The Kier molecular flexibility index (Phi) is 5.47. The van der Waals surface area contributed by atoms with Gasteiger partial charge in [-0.1, -0.05) is 30.0 Å². The number of thioether (sulfide) groups is 1. The van der Waals surface area contributed by atoms with Crippen LogP contribution < -0.4 is 5.32 Å². The van der Waals surface area contributed by atoms with E-state index in [9.17, 15) is 9.59 Å². The fourth-order valence-electron chi connectivity index (χ4n) is 2.64. The van der Waals surface area contributed by atoms with Crippen LogP contribution in [0.2, 0.25) is 0 Å². The molecule has 126 valence electrons. The quantitative estimate of drug-likeness (QED) is 0.806.